The van der Waals surface area contributed by atoms with Gasteiger partial charge in [-0.15, -0.1) is 0 Å². The molecule has 5 nitrogen and oxygen atoms in total. The quantitative estimate of drug-likeness (QED) is 0.906. The molecular formula is C14H13F2N3O2. The second-order valence-electron chi connectivity index (χ2n) is 4.37. The molecule has 1 aromatic heterocycles. The molecular weight excluding hydrogens is 280 g/mol. The van der Waals surface area contributed by atoms with Crippen molar-refractivity contribution in [1.82, 2.24) is 4.98 Å². The van der Waals surface area contributed by atoms with Crippen molar-refractivity contribution in [2.24, 2.45) is 0 Å². The van der Waals surface area contributed by atoms with Crippen LogP contribution in [0.2, 0.25) is 0 Å². The molecule has 110 valence electrons. The number of benzene rings is 1. The van der Waals surface area contributed by atoms with Crippen LogP contribution in [0.4, 0.5) is 26.1 Å². The number of aromatic nitrogens is 1. The van der Waals surface area contributed by atoms with Gasteiger partial charge in [0.2, 0.25) is 6.79 Å². The van der Waals surface area contributed by atoms with Crippen LogP contribution in [0.3, 0.4) is 0 Å². The van der Waals surface area contributed by atoms with Gasteiger partial charge >= 0.3 is 0 Å². The number of nitrogens with one attached hydrogen (secondary N) is 2. The molecule has 2 N–H and O–H groups in total. The van der Waals surface area contributed by atoms with Crippen LogP contribution in [0.1, 0.15) is 6.92 Å². The van der Waals surface area contributed by atoms with Crippen molar-refractivity contribution in [1.29, 1.82) is 0 Å². The summed E-state index contributed by atoms with van der Waals surface area (Å²) in [5, 5.41) is 5.53. The highest BCUT2D eigenvalue weighted by atomic mass is 19.1. The smallest absolute Gasteiger partial charge is 0.231 e. The van der Waals surface area contributed by atoms with Gasteiger partial charge in [0.05, 0.1) is 0 Å². The van der Waals surface area contributed by atoms with E-state index in [1.54, 1.807) is 25.1 Å². The fourth-order valence-corrected chi connectivity index (χ4v) is 1.96. The molecule has 1 aliphatic rings. The van der Waals surface area contributed by atoms with Gasteiger partial charge < -0.3 is 20.1 Å². The van der Waals surface area contributed by atoms with Crippen molar-refractivity contribution in [3.05, 3.63) is 35.9 Å². The Morgan fingerprint density at radius 3 is 2.67 bits per heavy atom. The maximum Gasteiger partial charge on any atom is 0.231 e. The second-order valence-corrected chi connectivity index (χ2v) is 4.37. The number of halogens is 2. The van der Waals surface area contributed by atoms with Gasteiger partial charge in [-0.1, -0.05) is 0 Å². The average Bonchev–Trinajstić information content (AvgIpc) is 2.92. The molecule has 7 heteroatoms. The first kappa shape index (κ1) is 13.4. The summed E-state index contributed by atoms with van der Waals surface area (Å²) in [6.45, 7) is 2.45. The first-order valence-electron chi connectivity index (χ1n) is 6.44. The predicted octanol–water partition coefficient (Wildman–Crippen LogP) is 3.26. The van der Waals surface area contributed by atoms with Crippen LogP contribution in [0.15, 0.2) is 24.3 Å². The lowest BCUT2D eigenvalue weighted by Gasteiger charge is -2.10. The van der Waals surface area contributed by atoms with Gasteiger partial charge in [-0.3, -0.25) is 0 Å². The summed E-state index contributed by atoms with van der Waals surface area (Å²) in [5.41, 5.74) is 0.569. The molecule has 0 amide bonds. The lowest BCUT2D eigenvalue weighted by molar-refractivity contribution is 0.174. The Labute approximate surface area is 119 Å². The van der Waals surface area contributed by atoms with Crippen LogP contribution in [0.5, 0.6) is 11.5 Å². The zero-order chi connectivity index (χ0) is 14.8. The fraction of sp³-hybridized carbons (Fsp3) is 0.214. The minimum Gasteiger partial charge on any atom is -0.454 e. The van der Waals surface area contributed by atoms with Crippen molar-refractivity contribution < 1.29 is 18.3 Å². The van der Waals surface area contributed by atoms with Gasteiger partial charge in [-0.2, -0.15) is 0 Å². The minimum absolute atomic E-state index is 0.00198. The van der Waals surface area contributed by atoms with Crippen LogP contribution in [0.25, 0.3) is 0 Å². The maximum atomic E-state index is 13.8. The van der Waals surface area contributed by atoms with E-state index in [9.17, 15) is 8.78 Å². The van der Waals surface area contributed by atoms with E-state index in [4.69, 9.17) is 9.47 Å². The Hall–Kier alpha value is -2.57. The monoisotopic (exact) mass is 293 g/mol. The average molecular weight is 293 g/mol. The van der Waals surface area contributed by atoms with E-state index in [-0.39, 0.29) is 18.4 Å². The topological polar surface area (TPSA) is 55.4 Å². The number of fused-ring (bicyclic) bond motifs is 1. The SMILES string of the molecule is CCNc1nc(Nc2ccc3c(c2)OCO3)c(F)cc1F. The first-order chi connectivity index (χ1) is 10.2. The lowest BCUT2D eigenvalue weighted by Crippen LogP contribution is -2.06. The van der Waals surface area contributed by atoms with E-state index in [0.29, 0.717) is 23.7 Å². The van der Waals surface area contributed by atoms with E-state index in [0.717, 1.165) is 6.07 Å². The van der Waals surface area contributed by atoms with Crippen LogP contribution < -0.4 is 20.1 Å². The van der Waals surface area contributed by atoms with Crippen molar-refractivity contribution in [3.8, 4) is 11.5 Å². The van der Waals surface area contributed by atoms with E-state index in [1.807, 2.05) is 0 Å². The Morgan fingerprint density at radius 1 is 1.10 bits per heavy atom. The number of pyridine rings is 1. The third-order valence-electron chi connectivity index (χ3n) is 2.91. The largest absolute Gasteiger partial charge is 0.454 e. The highest BCUT2D eigenvalue weighted by Gasteiger charge is 2.15. The van der Waals surface area contributed by atoms with Crippen LogP contribution in [0, 0.1) is 11.6 Å². The van der Waals surface area contributed by atoms with Crippen molar-refractivity contribution >= 4 is 17.3 Å². The van der Waals surface area contributed by atoms with E-state index in [1.165, 1.54) is 0 Å². The van der Waals surface area contributed by atoms with E-state index >= 15 is 0 Å². The molecule has 21 heavy (non-hydrogen) atoms. The van der Waals surface area contributed by atoms with E-state index in [2.05, 4.69) is 15.6 Å². The van der Waals surface area contributed by atoms with Gasteiger partial charge in [0.1, 0.15) is 0 Å². The molecule has 1 aliphatic heterocycles. The summed E-state index contributed by atoms with van der Waals surface area (Å²) in [7, 11) is 0. The number of nitrogens with zero attached hydrogens (tertiary/aromatic N) is 1. The standard InChI is InChI=1S/C14H13F2N3O2/c1-2-17-13-9(15)6-10(16)14(19-13)18-8-3-4-11-12(5-8)21-7-20-11/h3-6H,2,7H2,1H3,(H2,17,18,19). The molecule has 0 bridgehead atoms. The molecule has 2 heterocycles. The zero-order valence-electron chi connectivity index (χ0n) is 11.2. The summed E-state index contributed by atoms with van der Waals surface area (Å²) < 4.78 is 37.7. The van der Waals surface area contributed by atoms with Gasteiger partial charge in [-0.25, -0.2) is 13.8 Å². The second kappa shape index (κ2) is 5.43. The molecule has 0 unspecified atom stereocenters. The number of anilines is 3. The molecule has 1 aromatic carbocycles. The van der Waals surface area contributed by atoms with Gasteiger partial charge in [0.15, 0.2) is 34.8 Å². The Kier molecular flexibility index (Phi) is 3.47. The molecule has 0 fully saturated rings. The highest BCUT2D eigenvalue weighted by molar-refractivity contribution is 5.63. The number of hydrogen-bond donors (Lipinski definition) is 2. The summed E-state index contributed by atoms with van der Waals surface area (Å²) in [5.74, 6) is -0.374. The molecule has 0 atom stereocenters. The Bertz CT molecular complexity index is 680. The number of rotatable bonds is 4. The molecule has 2 aromatic rings. The normalized spacial score (nSPS) is 12.3. The predicted molar refractivity (Wildman–Crippen MR) is 74.2 cm³/mol. The molecule has 0 aliphatic carbocycles. The van der Waals surface area contributed by atoms with Gasteiger partial charge in [-0.05, 0) is 19.1 Å². The third kappa shape index (κ3) is 2.67. The van der Waals surface area contributed by atoms with Crippen LogP contribution in [-0.4, -0.2) is 18.3 Å². The molecule has 0 saturated heterocycles. The molecule has 0 spiro atoms. The minimum atomic E-state index is -0.771. The fourth-order valence-electron chi connectivity index (χ4n) is 1.96. The highest BCUT2D eigenvalue weighted by Crippen LogP contribution is 2.35. The molecule has 3 rings (SSSR count). The zero-order valence-corrected chi connectivity index (χ0v) is 11.2. The van der Waals surface area contributed by atoms with Gasteiger partial charge in [0, 0.05) is 24.4 Å². The Morgan fingerprint density at radius 2 is 1.86 bits per heavy atom. The summed E-state index contributed by atoms with van der Waals surface area (Å²) in [6.07, 6.45) is 0. The summed E-state index contributed by atoms with van der Waals surface area (Å²) in [4.78, 5) is 3.91. The summed E-state index contributed by atoms with van der Waals surface area (Å²) in [6, 6.07) is 5.86. The van der Waals surface area contributed by atoms with Gasteiger partial charge in [0.25, 0.3) is 0 Å². The summed E-state index contributed by atoms with van der Waals surface area (Å²) >= 11 is 0. The van der Waals surface area contributed by atoms with Crippen molar-refractivity contribution in [2.45, 2.75) is 6.92 Å². The van der Waals surface area contributed by atoms with Crippen LogP contribution in [-0.2, 0) is 0 Å². The van der Waals surface area contributed by atoms with E-state index < -0.39 is 11.6 Å². The van der Waals surface area contributed by atoms with Crippen molar-refractivity contribution in [2.75, 3.05) is 24.0 Å². The third-order valence-corrected chi connectivity index (χ3v) is 2.91. The number of hydrogen-bond acceptors (Lipinski definition) is 5. The van der Waals surface area contributed by atoms with Crippen molar-refractivity contribution in [3.63, 3.8) is 0 Å². The molecule has 0 radical (unpaired) electrons. The maximum absolute atomic E-state index is 13.8. The number of ether oxygens (including phenoxy) is 2. The van der Waals surface area contributed by atoms with Crippen LogP contribution >= 0.6 is 0 Å². The molecule has 0 saturated carbocycles. The Balaban J connectivity index is 1.88. The first-order valence-corrected chi connectivity index (χ1v) is 6.44. The lowest BCUT2D eigenvalue weighted by atomic mass is 10.2.